The molecule has 0 saturated heterocycles. The normalized spacial score (nSPS) is 10.8. The van der Waals surface area contributed by atoms with Gasteiger partial charge in [0.15, 0.2) is 17.3 Å². The van der Waals surface area contributed by atoms with E-state index in [9.17, 15) is 4.39 Å². The first kappa shape index (κ1) is 14.5. The van der Waals surface area contributed by atoms with Crippen molar-refractivity contribution in [1.82, 2.24) is 15.1 Å². The SMILES string of the molecule is CCNCc1cccc(F)c1Oc1c(C)nn(C)c1C. The molecule has 0 bridgehead atoms. The minimum Gasteiger partial charge on any atom is -0.450 e. The van der Waals surface area contributed by atoms with Gasteiger partial charge in [0.1, 0.15) is 5.69 Å². The van der Waals surface area contributed by atoms with Crippen molar-refractivity contribution >= 4 is 0 Å². The molecular formula is C15H20FN3O. The average molecular weight is 277 g/mol. The summed E-state index contributed by atoms with van der Waals surface area (Å²) in [5, 5.41) is 7.47. The zero-order valence-corrected chi connectivity index (χ0v) is 12.3. The maximum Gasteiger partial charge on any atom is 0.171 e. The molecule has 5 heteroatoms. The van der Waals surface area contributed by atoms with Crippen molar-refractivity contribution < 1.29 is 9.13 Å². The molecule has 1 aromatic carbocycles. The molecule has 0 aliphatic rings. The van der Waals surface area contributed by atoms with Crippen LogP contribution in [0.25, 0.3) is 0 Å². The van der Waals surface area contributed by atoms with E-state index in [1.807, 2.05) is 33.9 Å². The van der Waals surface area contributed by atoms with Crippen LogP contribution in [0.2, 0.25) is 0 Å². The smallest absolute Gasteiger partial charge is 0.171 e. The lowest BCUT2D eigenvalue weighted by Crippen LogP contribution is -2.13. The number of benzene rings is 1. The van der Waals surface area contributed by atoms with Crippen LogP contribution < -0.4 is 10.1 Å². The minimum absolute atomic E-state index is 0.271. The second-order valence-electron chi connectivity index (χ2n) is 4.73. The fourth-order valence-corrected chi connectivity index (χ4v) is 2.07. The van der Waals surface area contributed by atoms with Crippen molar-refractivity contribution in [3.8, 4) is 11.5 Å². The molecule has 2 rings (SSSR count). The van der Waals surface area contributed by atoms with Crippen LogP contribution in [0.5, 0.6) is 11.5 Å². The molecule has 0 aliphatic heterocycles. The monoisotopic (exact) mass is 277 g/mol. The van der Waals surface area contributed by atoms with Crippen LogP contribution in [0, 0.1) is 19.7 Å². The Hall–Kier alpha value is -1.88. The third kappa shape index (κ3) is 2.82. The molecule has 2 aromatic rings. The summed E-state index contributed by atoms with van der Waals surface area (Å²) in [6.45, 7) is 7.16. The van der Waals surface area contributed by atoms with Gasteiger partial charge in [-0.25, -0.2) is 4.39 Å². The van der Waals surface area contributed by atoms with Gasteiger partial charge in [0.25, 0.3) is 0 Å². The summed E-state index contributed by atoms with van der Waals surface area (Å²) >= 11 is 0. The number of hydrogen-bond donors (Lipinski definition) is 1. The molecular weight excluding hydrogens is 257 g/mol. The summed E-state index contributed by atoms with van der Waals surface area (Å²) in [5.74, 6) is 0.533. The lowest BCUT2D eigenvalue weighted by Gasteiger charge is -2.12. The van der Waals surface area contributed by atoms with Gasteiger partial charge in [0, 0.05) is 19.2 Å². The van der Waals surface area contributed by atoms with Crippen LogP contribution in [-0.2, 0) is 13.6 Å². The van der Waals surface area contributed by atoms with Crippen LogP contribution in [0.3, 0.4) is 0 Å². The number of para-hydroxylation sites is 1. The highest BCUT2D eigenvalue weighted by Gasteiger charge is 2.16. The van der Waals surface area contributed by atoms with E-state index in [1.54, 1.807) is 10.7 Å². The number of nitrogens with zero attached hydrogens (tertiary/aromatic N) is 2. The topological polar surface area (TPSA) is 39.1 Å². The molecule has 0 aliphatic carbocycles. The molecule has 1 N–H and O–H groups in total. The van der Waals surface area contributed by atoms with Crippen molar-refractivity contribution in [2.24, 2.45) is 7.05 Å². The highest BCUT2D eigenvalue weighted by Crippen LogP contribution is 2.32. The van der Waals surface area contributed by atoms with Crippen molar-refractivity contribution in [3.05, 3.63) is 41.0 Å². The van der Waals surface area contributed by atoms with Gasteiger partial charge in [0.2, 0.25) is 0 Å². The molecule has 0 spiro atoms. The number of rotatable bonds is 5. The number of hydrogen-bond acceptors (Lipinski definition) is 3. The molecule has 0 radical (unpaired) electrons. The van der Waals surface area contributed by atoms with Gasteiger partial charge in [-0.3, -0.25) is 4.68 Å². The molecule has 0 saturated carbocycles. The molecule has 20 heavy (non-hydrogen) atoms. The summed E-state index contributed by atoms with van der Waals surface area (Å²) in [4.78, 5) is 0. The number of halogens is 1. The summed E-state index contributed by atoms with van der Waals surface area (Å²) < 4.78 is 21.6. The fraction of sp³-hybridized carbons (Fsp3) is 0.400. The molecule has 4 nitrogen and oxygen atoms in total. The Labute approximate surface area is 118 Å². The lowest BCUT2D eigenvalue weighted by atomic mass is 10.2. The van der Waals surface area contributed by atoms with E-state index in [1.165, 1.54) is 6.07 Å². The first-order valence-electron chi connectivity index (χ1n) is 6.70. The molecule has 0 unspecified atom stereocenters. The van der Waals surface area contributed by atoms with E-state index < -0.39 is 0 Å². The maximum absolute atomic E-state index is 14.1. The lowest BCUT2D eigenvalue weighted by molar-refractivity contribution is 0.428. The van der Waals surface area contributed by atoms with Crippen LogP contribution >= 0.6 is 0 Å². The quantitative estimate of drug-likeness (QED) is 0.913. The molecule has 1 heterocycles. The number of ether oxygens (including phenoxy) is 1. The molecule has 108 valence electrons. The van der Waals surface area contributed by atoms with E-state index in [-0.39, 0.29) is 11.6 Å². The van der Waals surface area contributed by atoms with Crippen molar-refractivity contribution in [2.45, 2.75) is 27.3 Å². The van der Waals surface area contributed by atoms with Crippen LogP contribution in [0.15, 0.2) is 18.2 Å². The van der Waals surface area contributed by atoms with Gasteiger partial charge in [-0.05, 0) is 26.5 Å². The Morgan fingerprint density at radius 2 is 2.05 bits per heavy atom. The minimum atomic E-state index is -0.358. The van der Waals surface area contributed by atoms with Crippen LogP contribution in [0.4, 0.5) is 4.39 Å². The van der Waals surface area contributed by atoms with Crippen molar-refractivity contribution in [3.63, 3.8) is 0 Å². The standard InChI is InChI=1S/C15H20FN3O/c1-5-17-9-12-7-6-8-13(16)15(12)20-14-10(2)18-19(4)11(14)3/h6-8,17H,5,9H2,1-4H3. The Bertz CT molecular complexity index is 607. The van der Waals surface area contributed by atoms with Crippen molar-refractivity contribution in [1.29, 1.82) is 0 Å². The number of aryl methyl sites for hydroxylation is 2. The highest BCUT2D eigenvalue weighted by atomic mass is 19.1. The van der Waals surface area contributed by atoms with Crippen LogP contribution in [-0.4, -0.2) is 16.3 Å². The second-order valence-corrected chi connectivity index (χ2v) is 4.73. The second kappa shape index (κ2) is 6.05. The van der Waals surface area contributed by atoms with Crippen molar-refractivity contribution in [2.75, 3.05) is 6.54 Å². The molecule has 0 amide bonds. The average Bonchev–Trinajstić information content (AvgIpc) is 2.65. The van der Waals surface area contributed by atoms with E-state index in [4.69, 9.17) is 4.74 Å². The van der Waals surface area contributed by atoms with E-state index in [2.05, 4.69) is 10.4 Å². The molecule has 0 atom stereocenters. The zero-order valence-electron chi connectivity index (χ0n) is 12.3. The van der Waals surface area contributed by atoms with Gasteiger partial charge in [-0.15, -0.1) is 0 Å². The zero-order chi connectivity index (χ0) is 14.7. The highest BCUT2D eigenvalue weighted by molar-refractivity contribution is 5.42. The fourth-order valence-electron chi connectivity index (χ4n) is 2.07. The van der Waals surface area contributed by atoms with Crippen LogP contribution in [0.1, 0.15) is 23.9 Å². The Balaban J connectivity index is 2.37. The Morgan fingerprint density at radius 1 is 1.30 bits per heavy atom. The van der Waals surface area contributed by atoms with E-state index >= 15 is 0 Å². The summed E-state index contributed by atoms with van der Waals surface area (Å²) in [5.41, 5.74) is 2.43. The first-order valence-corrected chi connectivity index (χ1v) is 6.70. The molecule has 0 fully saturated rings. The number of aromatic nitrogens is 2. The molecule has 1 aromatic heterocycles. The predicted molar refractivity (Wildman–Crippen MR) is 76.5 cm³/mol. The van der Waals surface area contributed by atoms with E-state index in [0.29, 0.717) is 12.3 Å². The third-order valence-electron chi connectivity index (χ3n) is 3.26. The number of nitrogens with one attached hydrogen (secondary N) is 1. The van der Waals surface area contributed by atoms with Gasteiger partial charge < -0.3 is 10.1 Å². The van der Waals surface area contributed by atoms with E-state index in [0.717, 1.165) is 23.5 Å². The van der Waals surface area contributed by atoms with Gasteiger partial charge in [-0.2, -0.15) is 5.10 Å². The van der Waals surface area contributed by atoms with Gasteiger partial charge in [0.05, 0.1) is 5.69 Å². The third-order valence-corrected chi connectivity index (χ3v) is 3.26. The maximum atomic E-state index is 14.1. The Morgan fingerprint density at radius 3 is 2.65 bits per heavy atom. The van der Waals surface area contributed by atoms with Gasteiger partial charge >= 0.3 is 0 Å². The first-order chi connectivity index (χ1) is 9.54. The summed E-state index contributed by atoms with van der Waals surface area (Å²) in [6, 6.07) is 4.96. The largest absolute Gasteiger partial charge is 0.450 e. The van der Waals surface area contributed by atoms with Gasteiger partial charge in [-0.1, -0.05) is 19.1 Å². The summed E-state index contributed by atoms with van der Waals surface area (Å²) in [7, 11) is 1.84. The predicted octanol–water partition coefficient (Wildman–Crippen LogP) is 3.08. The summed E-state index contributed by atoms with van der Waals surface area (Å²) in [6.07, 6.45) is 0. The Kier molecular flexibility index (Phi) is 4.39.